The van der Waals surface area contributed by atoms with Gasteiger partial charge >= 0.3 is 0 Å². The summed E-state index contributed by atoms with van der Waals surface area (Å²) in [4.78, 5) is 2.21. The first-order valence-corrected chi connectivity index (χ1v) is 5.34. The molecular formula is C13H18N2O. The molecule has 0 heterocycles. The van der Waals surface area contributed by atoms with Crippen LogP contribution in [0.3, 0.4) is 0 Å². The van der Waals surface area contributed by atoms with Crippen LogP contribution in [0.2, 0.25) is 0 Å². The quantitative estimate of drug-likeness (QED) is 0.758. The second-order valence-electron chi connectivity index (χ2n) is 3.98. The van der Waals surface area contributed by atoms with Crippen LogP contribution in [0.4, 0.5) is 0 Å². The number of methoxy groups -OCH3 is 1. The minimum Gasteiger partial charge on any atom is -0.383 e. The van der Waals surface area contributed by atoms with E-state index in [9.17, 15) is 0 Å². The number of rotatable bonds is 5. The van der Waals surface area contributed by atoms with Crippen LogP contribution in [0, 0.1) is 18.3 Å². The maximum atomic E-state index is 8.77. The molecule has 1 aromatic carbocycles. The lowest BCUT2D eigenvalue weighted by Gasteiger charge is -2.17. The Hall–Kier alpha value is -1.37. The molecule has 0 unspecified atom stereocenters. The van der Waals surface area contributed by atoms with Crippen molar-refractivity contribution < 1.29 is 4.74 Å². The maximum Gasteiger partial charge on any atom is 0.0991 e. The van der Waals surface area contributed by atoms with E-state index in [1.807, 2.05) is 25.1 Å². The molecule has 0 aromatic heterocycles. The fourth-order valence-corrected chi connectivity index (χ4v) is 1.56. The van der Waals surface area contributed by atoms with Crippen LogP contribution in [-0.4, -0.2) is 32.2 Å². The fourth-order valence-electron chi connectivity index (χ4n) is 1.56. The normalized spacial score (nSPS) is 10.4. The topological polar surface area (TPSA) is 36.3 Å². The van der Waals surface area contributed by atoms with Crippen molar-refractivity contribution in [3.8, 4) is 6.07 Å². The highest BCUT2D eigenvalue weighted by atomic mass is 16.5. The molecule has 0 spiro atoms. The summed E-state index contributed by atoms with van der Waals surface area (Å²) in [6, 6.07) is 7.97. The van der Waals surface area contributed by atoms with Gasteiger partial charge in [-0.3, -0.25) is 4.90 Å². The van der Waals surface area contributed by atoms with E-state index < -0.39 is 0 Å². The maximum absolute atomic E-state index is 8.77. The van der Waals surface area contributed by atoms with Gasteiger partial charge in [-0.15, -0.1) is 0 Å². The summed E-state index contributed by atoms with van der Waals surface area (Å²) < 4.78 is 5.03. The monoisotopic (exact) mass is 218 g/mol. The van der Waals surface area contributed by atoms with Gasteiger partial charge in [0.2, 0.25) is 0 Å². The second-order valence-corrected chi connectivity index (χ2v) is 3.98. The summed E-state index contributed by atoms with van der Waals surface area (Å²) in [5.41, 5.74) is 3.15. The van der Waals surface area contributed by atoms with Crippen LogP contribution in [0.5, 0.6) is 0 Å². The van der Waals surface area contributed by atoms with Crippen molar-refractivity contribution in [1.82, 2.24) is 4.90 Å². The number of aryl methyl sites for hydroxylation is 1. The first-order chi connectivity index (χ1) is 7.67. The third-order valence-electron chi connectivity index (χ3n) is 2.59. The van der Waals surface area contributed by atoms with Gasteiger partial charge in [-0.05, 0) is 37.2 Å². The molecule has 0 N–H and O–H groups in total. The van der Waals surface area contributed by atoms with E-state index in [0.717, 1.165) is 25.3 Å². The molecule has 1 aromatic rings. The Morgan fingerprint density at radius 2 is 2.19 bits per heavy atom. The van der Waals surface area contributed by atoms with Gasteiger partial charge in [0.15, 0.2) is 0 Å². The van der Waals surface area contributed by atoms with E-state index in [0.29, 0.717) is 0 Å². The number of ether oxygens (including phenoxy) is 1. The number of hydrogen-bond donors (Lipinski definition) is 0. The zero-order valence-electron chi connectivity index (χ0n) is 10.2. The molecule has 86 valence electrons. The summed E-state index contributed by atoms with van der Waals surface area (Å²) in [7, 11) is 3.78. The van der Waals surface area contributed by atoms with Crippen LogP contribution in [0.15, 0.2) is 18.2 Å². The van der Waals surface area contributed by atoms with Crippen LogP contribution >= 0.6 is 0 Å². The van der Waals surface area contributed by atoms with Crippen molar-refractivity contribution >= 4 is 0 Å². The Balaban J connectivity index is 2.64. The Morgan fingerprint density at radius 1 is 1.44 bits per heavy atom. The van der Waals surface area contributed by atoms with Gasteiger partial charge in [-0.2, -0.15) is 5.26 Å². The van der Waals surface area contributed by atoms with Gasteiger partial charge in [0.25, 0.3) is 0 Å². The number of benzene rings is 1. The Bertz CT molecular complexity index is 382. The van der Waals surface area contributed by atoms with Crippen LogP contribution < -0.4 is 0 Å². The molecule has 0 aliphatic rings. The minimum absolute atomic E-state index is 0.723. The van der Waals surface area contributed by atoms with Gasteiger partial charge < -0.3 is 4.74 Å². The smallest absolute Gasteiger partial charge is 0.0991 e. The van der Waals surface area contributed by atoms with Crippen LogP contribution in [-0.2, 0) is 11.3 Å². The standard InChI is InChI=1S/C13H18N2O/c1-11-8-12(9-14)4-5-13(11)10-15(2)6-7-16-3/h4-5,8H,6-7,10H2,1-3H3. The van der Waals surface area contributed by atoms with Gasteiger partial charge in [0.1, 0.15) is 0 Å². The lowest BCUT2D eigenvalue weighted by Crippen LogP contribution is -2.22. The molecule has 0 amide bonds. The Morgan fingerprint density at radius 3 is 2.75 bits per heavy atom. The Kier molecular flexibility index (Phi) is 4.97. The summed E-state index contributed by atoms with van der Waals surface area (Å²) in [6.45, 7) is 4.59. The first-order valence-electron chi connectivity index (χ1n) is 5.34. The predicted octanol–water partition coefficient (Wildman–Crippen LogP) is 1.94. The molecule has 0 aliphatic carbocycles. The van der Waals surface area contributed by atoms with Gasteiger partial charge in [0.05, 0.1) is 18.2 Å². The number of nitriles is 1. The average molecular weight is 218 g/mol. The third kappa shape index (κ3) is 3.65. The van der Waals surface area contributed by atoms with Crippen LogP contribution in [0.1, 0.15) is 16.7 Å². The zero-order chi connectivity index (χ0) is 12.0. The lowest BCUT2D eigenvalue weighted by atomic mass is 10.1. The molecule has 0 aliphatic heterocycles. The molecular weight excluding hydrogens is 200 g/mol. The summed E-state index contributed by atoms with van der Waals surface area (Å²) in [6.07, 6.45) is 0. The average Bonchev–Trinajstić information content (AvgIpc) is 2.29. The van der Waals surface area contributed by atoms with Crippen molar-refractivity contribution in [1.29, 1.82) is 5.26 Å². The van der Waals surface area contributed by atoms with Gasteiger partial charge in [-0.25, -0.2) is 0 Å². The second kappa shape index (κ2) is 6.26. The molecule has 0 saturated heterocycles. The van der Waals surface area contributed by atoms with Crippen molar-refractivity contribution in [3.05, 3.63) is 34.9 Å². The number of likely N-dealkylation sites (N-methyl/N-ethyl adjacent to an activating group) is 1. The highest BCUT2D eigenvalue weighted by Gasteiger charge is 2.03. The van der Waals surface area contributed by atoms with E-state index in [-0.39, 0.29) is 0 Å². The van der Waals surface area contributed by atoms with E-state index in [4.69, 9.17) is 10.00 Å². The van der Waals surface area contributed by atoms with E-state index in [2.05, 4.69) is 18.0 Å². The van der Waals surface area contributed by atoms with Crippen molar-refractivity contribution in [2.75, 3.05) is 27.3 Å². The zero-order valence-corrected chi connectivity index (χ0v) is 10.2. The van der Waals surface area contributed by atoms with Crippen molar-refractivity contribution in [3.63, 3.8) is 0 Å². The summed E-state index contributed by atoms with van der Waals surface area (Å²) in [5, 5.41) is 8.77. The van der Waals surface area contributed by atoms with Gasteiger partial charge in [0, 0.05) is 20.2 Å². The van der Waals surface area contributed by atoms with Crippen LogP contribution in [0.25, 0.3) is 0 Å². The fraction of sp³-hybridized carbons (Fsp3) is 0.462. The summed E-state index contributed by atoms with van der Waals surface area (Å²) >= 11 is 0. The predicted molar refractivity (Wildman–Crippen MR) is 64.1 cm³/mol. The highest BCUT2D eigenvalue weighted by Crippen LogP contribution is 2.12. The highest BCUT2D eigenvalue weighted by molar-refractivity contribution is 5.37. The SMILES string of the molecule is COCCN(C)Cc1ccc(C#N)cc1C. The molecule has 3 heteroatoms. The molecule has 0 fully saturated rings. The molecule has 1 rings (SSSR count). The number of hydrogen-bond acceptors (Lipinski definition) is 3. The first kappa shape index (κ1) is 12.7. The van der Waals surface area contributed by atoms with Gasteiger partial charge in [-0.1, -0.05) is 6.07 Å². The lowest BCUT2D eigenvalue weighted by molar-refractivity contribution is 0.158. The largest absolute Gasteiger partial charge is 0.383 e. The summed E-state index contributed by atoms with van der Waals surface area (Å²) in [5.74, 6) is 0. The van der Waals surface area contributed by atoms with E-state index in [1.54, 1.807) is 7.11 Å². The Labute approximate surface area is 97.3 Å². The molecule has 0 bridgehead atoms. The molecule has 0 radical (unpaired) electrons. The minimum atomic E-state index is 0.723. The molecule has 3 nitrogen and oxygen atoms in total. The third-order valence-corrected chi connectivity index (χ3v) is 2.59. The van der Waals surface area contributed by atoms with E-state index >= 15 is 0 Å². The van der Waals surface area contributed by atoms with Crippen molar-refractivity contribution in [2.24, 2.45) is 0 Å². The van der Waals surface area contributed by atoms with Crippen molar-refractivity contribution in [2.45, 2.75) is 13.5 Å². The van der Waals surface area contributed by atoms with E-state index in [1.165, 1.54) is 11.1 Å². The molecule has 16 heavy (non-hydrogen) atoms. The molecule has 0 saturated carbocycles. The number of nitrogens with zero attached hydrogens (tertiary/aromatic N) is 2. The molecule has 0 atom stereocenters.